The number of hydrogen-bond donors (Lipinski definition) is 0. The fraction of sp³-hybridized carbons (Fsp3) is 0.964. The lowest BCUT2D eigenvalue weighted by Gasteiger charge is -2.35. The SMILES string of the molecule is CCCCCCCCCCCCC(CCC(=O)OCCCC)(OOC(C)(C)C)OOC(C)(C)C. The Labute approximate surface area is 210 Å². The minimum atomic E-state index is -1.16. The van der Waals surface area contributed by atoms with Crippen LogP contribution in [0.5, 0.6) is 0 Å². The summed E-state index contributed by atoms with van der Waals surface area (Å²) in [6.07, 6.45) is 15.3. The van der Waals surface area contributed by atoms with Gasteiger partial charge >= 0.3 is 5.97 Å². The third-order valence-corrected chi connectivity index (χ3v) is 5.27. The molecule has 0 bridgehead atoms. The third-order valence-electron chi connectivity index (χ3n) is 5.27. The number of unbranched alkanes of at least 4 members (excludes halogenated alkanes) is 10. The predicted molar refractivity (Wildman–Crippen MR) is 138 cm³/mol. The fourth-order valence-electron chi connectivity index (χ4n) is 3.28. The van der Waals surface area contributed by atoms with Crippen molar-refractivity contribution >= 4 is 5.97 Å². The number of carbonyl (C=O) groups excluding carboxylic acids is 1. The fourth-order valence-corrected chi connectivity index (χ4v) is 3.28. The van der Waals surface area contributed by atoms with Gasteiger partial charge in [0.15, 0.2) is 0 Å². The largest absolute Gasteiger partial charge is 0.466 e. The van der Waals surface area contributed by atoms with Crippen molar-refractivity contribution in [2.75, 3.05) is 6.61 Å². The van der Waals surface area contributed by atoms with Gasteiger partial charge in [0.25, 0.3) is 0 Å². The number of rotatable bonds is 21. The second-order valence-electron chi connectivity index (χ2n) is 11.5. The van der Waals surface area contributed by atoms with E-state index in [0.717, 1.165) is 25.7 Å². The standard InChI is InChI=1S/C28H56O6/c1-9-11-13-14-15-16-17-18-19-20-22-28(33-31-26(3,4)5,34-32-27(6,7)8)23-21-25(29)30-24-12-10-2/h9-24H2,1-8H3. The number of ether oxygens (including phenoxy) is 1. The maximum Gasteiger partial charge on any atom is 0.305 e. The van der Waals surface area contributed by atoms with Gasteiger partial charge in [-0.3, -0.25) is 4.79 Å². The number of hydrogen-bond acceptors (Lipinski definition) is 6. The molecule has 0 aliphatic heterocycles. The monoisotopic (exact) mass is 488 g/mol. The summed E-state index contributed by atoms with van der Waals surface area (Å²) in [7, 11) is 0. The molecule has 0 aliphatic rings. The molecule has 0 N–H and O–H groups in total. The van der Waals surface area contributed by atoms with Gasteiger partial charge in [-0.2, -0.15) is 9.78 Å². The first kappa shape index (κ1) is 33.3. The van der Waals surface area contributed by atoms with Gasteiger partial charge in [-0.15, -0.1) is 0 Å². The highest BCUT2D eigenvalue weighted by Gasteiger charge is 2.39. The molecular weight excluding hydrogens is 432 g/mol. The predicted octanol–water partition coefficient (Wildman–Crippen LogP) is 8.61. The number of carbonyl (C=O) groups is 1. The molecular formula is C28H56O6. The van der Waals surface area contributed by atoms with Crippen LogP contribution < -0.4 is 0 Å². The van der Waals surface area contributed by atoms with Crippen molar-refractivity contribution in [3.8, 4) is 0 Å². The molecule has 0 saturated carbocycles. The molecule has 0 unspecified atom stereocenters. The molecule has 0 saturated heterocycles. The topological polar surface area (TPSA) is 63.2 Å². The second kappa shape index (κ2) is 18.6. The van der Waals surface area contributed by atoms with Gasteiger partial charge in [-0.1, -0.05) is 78.1 Å². The summed E-state index contributed by atoms with van der Waals surface area (Å²) in [5.41, 5.74) is -1.04. The molecule has 0 atom stereocenters. The van der Waals surface area contributed by atoms with Crippen LogP contribution in [0.2, 0.25) is 0 Å². The third kappa shape index (κ3) is 20.7. The van der Waals surface area contributed by atoms with E-state index in [1.54, 1.807) is 0 Å². The molecule has 0 amide bonds. The van der Waals surface area contributed by atoms with E-state index >= 15 is 0 Å². The Bertz CT molecular complexity index is 474. The maximum atomic E-state index is 12.3. The van der Waals surface area contributed by atoms with Crippen LogP contribution in [0, 0.1) is 0 Å². The highest BCUT2D eigenvalue weighted by Crippen LogP contribution is 2.32. The van der Waals surface area contributed by atoms with E-state index in [2.05, 4.69) is 13.8 Å². The summed E-state index contributed by atoms with van der Waals surface area (Å²) >= 11 is 0. The lowest BCUT2D eigenvalue weighted by atomic mass is 10.0. The van der Waals surface area contributed by atoms with Crippen molar-refractivity contribution in [3.05, 3.63) is 0 Å². The van der Waals surface area contributed by atoms with E-state index in [4.69, 9.17) is 24.3 Å². The van der Waals surface area contributed by atoms with Crippen molar-refractivity contribution < 1.29 is 29.1 Å². The van der Waals surface area contributed by atoms with Crippen LogP contribution >= 0.6 is 0 Å². The summed E-state index contributed by atoms with van der Waals surface area (Å²) in [4.78, 5) is 35.4. The summed E-state index contributed by atoms with van der Waals surface area (Å²) < 4.78 is 5.34. The van der Waals surface area contributed by atoms with E-state index in [9.17, 15) is 4.79 Å². The van der Waals surface area contributed by atoms with Gasteiger partial charge in [0.2, 0.25) is 5.79 Å². The summed E-state index contributed by atoms with van der Waals surface area (Å²) in [6, 6.07) is 0. The Morgan fingerprint density at radius 2 is 1.00 bits per heavy atom. The molecule has 0 aromatic heterocycles. The first-order chi connectivity index (χ1) is 15.9. The molecule has 0 aliphatic carbocycles. The zero-order chi connectivity index (χ0) is 25.9. The second-order valence-corrected chi connectivity index (χ2v) is 11.5. The van der Waals surface area contributed by atoms with Crippen LogP contribution in [-0.2, 0) is 29.1 Å². The smallest absolute Gasteiger partial charge is 0.305 e. The molecule has 0 radical (unpaired) electrons. The van der Waals surface area contributed by atoms with E-state index in [1.807, 2.05) is 41.5 Å². The average molecular weight is 489 g/mol. The molecule has 6 nitrogen and oxygen atoms in total. The van der Waals surface area contributed by atoms with Gasteiger partial charge in [-0.25, -0.2) is 9.78 Å². The normalized spacial score (nSPS) is 12.8. The van der Waals surface area contributed by atoms with Crippen LogP contribution in [0.1, 0.15) is 152 Å². The Morgan fingerprint density at radius 1 is 0.559 bits per heavy atom. The van der Waals surface area contributed by atoms with Gasteiger partial charge in [-0.05, 0) is 54.4 Å². The highest BCUT2D eigenvalue weighted by atomic mass is 17.3. The zero-order valence-electron chi connectivity index (χ0n) is 23.8. The molecule has 0 aromatic rings. The average Bonchev–Trinajstić information content (AvgIpc) is 2.75. The molecule has 6 heteroatoms. The van der Waals surface area contributed by atoms with Crippen LogP contribution in [0.15, 0.2) is 0 Å². The molecule has 0 spiro atoms. The summed E-state index contributed by atoms with van der Waals surface area (Å²) in [6.45, 7) is 16.3. The lowest BCUT2D eigenvalue weighted by Crippen LogP contribution is -2.41. The van der Waals surface area contributed by atoms with Crippen LogP contribution in [0.3, 0.4) is 0 Å². The van der Waals surface area contributed by atoms with E-state index < -0.39 is 17.0 Å². The van der Waals surface area contributed by atoms with E-state index in [0.29, 0.717) is 19.4 Å². The van der Waals surface area contributed by atoms with Gasteiger partial charge in [0.1, 0.15) is 0 Å². The van der Waals surface area contributed by atoms with Crippen molar-refractivity contribution in [2.24, 2.45) is 0 Å². The Kier molecular flexibility index (Phi) is 18.2. The molecule has 34 heavy (non-hydrogen) atoms. The molecule has 0 rings (SSSR count). The van der Waals surface area contributed by atoms with Gasteiger partial charge in [0.05, 0.1) is 24.2 Å². The van der Waals surface area contributed by atoms with Crippen molar-refractivity contribution in [1.82, 2.24) is 0 Å². The molecule has 0 heterocycles. The van der Waals surface area contributed by atoms with Crippen molar-refractivity contribution in [1.29, 1.82) is 0 Å². The quantitative estimate of drug-likeness (QED) is 0.0530. The summed E-state index contributed by atoms with van der Waals surface area (Å²) in [5, 5.41) is 0. The van der Waals surface area contributed by atoms with Gasteiger partial charge in [0, 0.05) is 12.8 Å². The minimum absolute atomic E-state index is 0.183. The van der Waals surface area contributed by atoms with Crippen LogP contribution in [0.4, 0.5) is 0 Å². The Hall–Kier alpha value is -0.690. The number of esters is 1. The Morgan fingerprint density at radius 3 is 1.44 bits per heavy atom. The maximum absolute atomic E-state index is 12.3. The van der Waals surface area contributed by atoms with Crippen molar-refractivity contribution in [3.63, 3.8) is 0 Å². The van der Waals surface area contributed by atoms with E-state index in [1.165, 1.54) is 51.4 Å². The summed E-state index contributed by atoms with van der Waals surface area (Å²) in [5.74, 6) is -1.41. The minimum Gasteiger partial charge on any atom is -0.466 e. The van der Waals surface area contributed by atoms with Crippen molar-refractivity contribution in [2.45, 2.75) is 169 Å². The lowest BCUT2D eigenvalue weighted by molar-refractivity contribution is -0.543. The Balaban J connectivity index is 4.90. The van der Waals surface area contributed by atoms with E-state index in [-0.39, 0.29) is 12.4 Å². The van der Waals surface area contributed by atoms with Gasteiger partial charge < -0.3 is 4.74 Å². The first-order valence-corrected chi connectivity index (χ1v) is 13.8. The van der Waals surface area contributed by atoms with Crippen LogP contribution in [-0.4, -0.2) is 29.6 Å². The molecule has 0 aromatic carbocycles. The first-order valence-electron chi connectivity index (χ1n) is 13.8. The molecule has 204 valence electrons. The van der Waals surface area contributed by atoms with Crippen LogP contribution in [0.25, 0.3) is 0 Å². The molecule has 0 fully saturated rings. The zero-order valence-corrected chi connectivity index (χ0v) is 23.8. The highest BCUT2D eigenvalue weighted by molar-refractivity contribution is 5.69.